The zero-order valence-corrected chi connectivity index (χ0v) is 9.30. The van der Waals surface area contributed by atoms with E-state index in [-0.39, 0.29) is 6.10 Å². The second kappa shape index (κ2) is 5.18. The predicted octanol–water partition coefficient (Wildman–Crippen LogP) is 1.71. The average molecular weight is 206 g/mol. The van der Waals surface area contributed by atoms with Gasteiger partial charge in [0.25, 0.3) is 0 Å². The van der Waals surface area contributed by atoms with Crippen LogP contribution in [0.1, 0.15) is 26.7 Å². The minimum Gasteiger partial charge on any atom is -0.391 e. The molecular weight excluding hydrogens is 186 g/mol. The van der Waals surface area contributed by atoms with Gasteiger partial charge in [-0.25, -0.2) is 0 Å². The highest BCUT2D eigenvalue weighted by atomic mass is 35.5. The highest BCUT2D eigenvalue weighted by Gasteiger charge is 2.30. The molecule has 1 N–H and O–H groups in total. The first-order chi connectivity index (χ1) is 6.13. The van der Waals surface area contributed by atoms with E-state index in [0.29, 0.717) is 11.8 Å². The molecule has 0 aromatic rings. The lowest BCUT2D eigenvalue weighted by Gasteiger charge is -2.25. The number of rotatable bonds is 6. The Balaban J connectivity index is 2.29. The number of halogens is 1. The van der Waals surface area contributed by atoms with Crippen molar-refractivity contribution >= 4 is 11.6 Å². The zero-order valence-electron chi connectivity index (χ0n) is 8.54. The third kappa shape index (κ3) is 4.30. The molecule has 2 nitrogen and oxygen atoms in total. The molecule has 13 heavy (non-hydrogen) atoms. The average Bonchev–Trinajstić information content (AvgIpc) is 2.84. The van der Waals surface area contributed by atoms with Crippen molar-refractivity contribution in [3.8, 4) is 0 Å². The largest absolute Gasteiger partial charge is 0.391 e. The van der Waals surface area contributed by atoms with E-state index in [9.17, 15) is 5.11 Å². The van der Waals surface area contributed by atoms with Crippen molar-refractivity contribution in [2.24, 2.45) is 5.92 Å². The maximum Gasteiger partial charge on any atom is 0.0802 e. The van der Waals surface area contributed by atoms with Crippen LogP contribution in [0.2, 0.25) is 0 Å². The second-order valence-corrected chi connectivity index (χ2v) is 4.70. The smallest absolute Gasteiger partial charge is 0.0802 e. The van der Waals surface area contributed by atoms with Crippen LogP contribution in [-0.4, -0.2) is 41.1 Å². The monoisotopic (exact) mass is 205 g/mol. The first kappa shape index (κ1) is 11.3. The lowest BCUT2D eigenvalue weighted by atomic mass is 10.2. The van der Waals surface area contributed by atoms with Gasteiger partial charge < -0.3 is 5.11 Å². The molecule has 1 unspecified atom stereocenters. The van der Waals surface area contributed by atoms with E-state index in [0.717, 1.165) is 19.1 Å². The van der Waals surface area contributed by atoms with E-state index in [2.05, 4.69) is 18.7 Å². The van der Waals surface area contributed by atoms with Gasteiger partial charge in [-0.05, 0) is 18.8 Å². The van der Waals surface area contributed by atoms with Gasteiger partial charge in [0.15, 0.2) is 0 Å². The van der Waals surface area contributed by atoms with E-state index in [4.69, 9.17) is 11.6 Å². The molecule has 1 atom stereocenters. The first-order valence-electron chi connectivity index (χ1n) is 5.11. The van der Waals surface area contributed by atoms with Crippen LogP contribution in [0.15, 0.2) is 0 Å². The molecule has 0 bridgehead atoms. The summed E-state index contributed by atoms with van der Waals surface area (Å²) in [6.45, 7) is 6.25. The van der Waals surface area contributed by atoms with Crippen molar-refractivity contribution in [3.05, 3.63) is 0 Å². The molecule has 78 valence electrons. The van der Waals surface area contributed by atoms with Crippen LogP contribution >= 0.6 is 11.6 Å². The molecule has 1 rings (SSSR count). The third-order valence-corrected chi connectivity index (χ3v) is 2.64. The molecule has 1 aliphatic rings. The Kier molecular flexibility index (Phi) is 4.50. The van der Waals surface area contributed by atoms with Crippen molar-refractivity contribution < 1.29 is 5.11 Å². The Morgan fingerprint density at radius 1 is 1.38 bits per heavy atom. The predicted molar refractivity (Wildman–Crippen MR) is 56.2 cm³/mol. The molecule has 0 amide bonds. The molecule has 0 heterocycles. The Hall–Kier alpha value is 0.210. The summed E-state index contributed by atoms with van der Waals surface area (Å²) in [6, 6.07) is 0.722. The van der Waals surface area contributed by atoms with E-state index in [1.54, 1.807) is 0 Å². The van der Waals surface area contributed by atoms with Crippen LogP contribution in [0.5, 0.6) is 0 Å². The SMILES string of the molecule is CC(C)CN(CC(O)CCl)C1CC1. The molecule has 0 saturated heterocycles. The minimum absolute atomic E-state index is 0.349. The summed E-state index contributed by atoms with van der Waals surface area (Å²) >= 11 is 5.58. The first-order valence-corrected chi connectivity index (χ1v) is 5.65. The van der Waals surface area contributed by atoms with Crippen molar-refractivity contribution in [2.75, 3.05) is 19.0 Å². The fraction of sp³-hybridized carbons (Fsp3) is 1.00. The number of alkyl halides is 1. The topological polar surface area (TPSA) is 23.5 Å². The van der Waals surface area contributed by atoms with Gasteiger partial charge in [-0.3, -0.25) is 4.90 Å². The summed E-state index contributed by atoms with van der Waals surface area (Å²) < 4.78 is 0. The zero-order chi connectivity index (χ0) is 9.84. The molecule has 0 aromatic carbocycles. The molecule has 0 aliphatic heterocycles. The molecule has 0 spiro atoms. The summed E-state index contributed by atoms with van der Waals surface area (Å²) in [6.07, 6.45) is 2.23. The number of hydrogen-bond acceptors (Lipinski definition) is 2. The Bertz CT molecular complexity index is 148. The van der Waals surface area contributed by atoms with Crippen LogP contribution in [0, 0.1) is 5.92 Å². The quantitative estimate of drug-likeness (QED) is 0.668. The van der Waals surface area contributed by atoms with Gasteiger partial charge in [0.2, 0.25) is 0 Å². The van der Waals surface area contributed by atoms with Crippen molar-refractivity contribution in [1.82, 2.24) is 4.90 Å². The number of aliphatic hydroxyl groups is 1. The van der Waals surface area contributed by atoms with Crippen molar-refractivity contribution in [2.45, 2.75) is 38.8 Å². The van der Waals surface area contributed by atoms with E-state index >= 15 is 0 Å². The number of nitrogens with zero attached hydrogens (tertiary/aromatic N) is 1. The lowest BCUT2D eigenvalue weighted by Crippen LogP contribution is -2.37. The van der Waals surface area contributed by atoms with E-state index in [1.165, 1.54) is 12.8 Å². The Labute approximate surface area is 85.9 Å². The Morgan fingerprint density at radius 3 is 2.38 bits per heavy atom. The third-order valence-electron chi connectivity index (χ3n) is 2.29. The summed E-state index contributed by atoms with van der Waals surface area (Å²) in [5.41, 5.74) is 0. The summed E-state index contributed by atoms with van der Waals surface area (Å²) in [5, 5.41) is 9.44. The maximum absolute atomic E-state index is 9.44. The van der Waals surface area contributed by atoms with E-state index < -0.39 is 0 Å². The van der Waals surface area contributed by atoms with Gasteiger partial charge in [0.05, 0.1) is 6.10 Å². The van der Waals surface area contributed by atoms with Crippen molar-refractivity contribution in [1.29, 1.82) is 0 Å². The van der Waals surface area contributed by atoms with Gasteiger partial charge in [0, 0.05) is 25.0 Å². The van der Waals surface area contributed by atoms with Crippen LogP contribution in [0.3, 0.4) is 0 Å². The standard InChI is InChI=1S/C10H20ClNO/c1-8(2)6-12(9-3-4-9)7-10(13)5-11/h8-10,13H,3-7H2,1-2H3. The van der Waals surface area contributed by atoms with Gasteiger partial charge in [-0.2, -0.15) is 0 Å². The Morgan fingerprint density at radius 2 is 2.00 bits per heavy atom. The lowest BCUT2D eigenvalue weighted by molar-refractivity contribution is 0.116. The highest BCUT2D eigenvalue weighted by molar-refractivity contribution is 6.18. The molecule has 0 aromatic heterocycles. The summed E-state index contributed by atoms with van der Waals surface area (Å²) in [5.74, 6) is 1.02. The highest BCUT2D eigenvalue weighted by Crippen LogP contribution is 2.27. The van der Waals surface area contributed by atoms with E-state index in [1.807, 2.05) is 0 Å². The molecule has 1 fully saturated rings. The van der Waals surface area contributed by atoms with Crippen LogP contribution in [-0.2, 0) is 0 Å². The fourth-order valence-corrected chi connectivity index (χ4v) is 1.70. The minimum atomic E-state index is -0.360. The van der Waals surface area contributed by atoms with Crippen molar-refractivity contribution in [3.63, 3.8) is 0 Å². The second-order valence-electron chi connectivity index (χ2n) is 4.39. The maximum atomic E-state index is 9.44. The van der Waals surface area contributed by atoms with Crippen LogP contribution in [0.4, 0.5) is 0 Å². The molecular formula is C10H20ClNO. The van der Waals surface area contributed by atoms with Crippen LogP contribution < -0.4 is 0 Å². The normalized spacial score (nSPS) is 19.8. The van der Waals surface area contributed by atoms with Crippen LogP contribution in [0.25, 0.3) is 0 Å². The molecule has 0 radical (unpaired) electrons. The molecule has 3 heteroatoms. The fourth-order valence-electron chi connectivity index (χ4n) is 1.60. The van der Waals surface area contributed by atoms with Gasteiger partial charge in [-0.1, -0.05) is 13.8 Å². The summed E-state index contributed by atoms with van der Waals surface area (Å²) in [7, 11) is 0. The van der Waals surface area contributed by atoms with Gasteiger partial charge >= 0.3 is 0 Å². The molecule has 1 aliphatic carbocycles. The van der Waals surface area contributed by atoms with Gasteiger partial charge in [-0.15, -0.1) is 11.6 Å². The number of aliphatic hydroxyl groups excluding tert-OH is 1. The summed E-state index contributed by atoms with van der Waals surface area (Å²) in [4.78, 5) is 2.37. The van der Waals surface area contributed by atoms with Gasteiger partial charge in [0.1, 0.15) is 0 Å². The number of hydrogen-bond donors (Lipinski definition) is 1. The molecule has 1 saturated carbocycles.